The normalized spacial score (nSPS) is 16.3. The number of rotatable bonds is 3. The first-order valence-corrected chi connectivity index (χ1v) is 22.3. The van der Waals surface area contributed by atoms with Crippen LogP contribution in [0.15, 0.2) is 132 Å². The van der Waals surface area contributed by atoms with Gasteiger partial charge in [-0.25, -0.2) is 0 Å². The van der Waals surface area contributed by atoms with Gasteiger partial charge in [-0.05, 0) is 126 Å². The zero-order valence-corrected chi connectivity index (χ0v) is 38.0. The molecular weight excluding hydrogens is 739 g/mol. The Bertz CT molecular complexity index is 3190. The maximum atomic E-state index is 6.92. The average Bonchev–Trinajstić information content (AvgIpc) is 3.85. The third kappa shape index (κ3) is 5.21. The second-order valence-corrected chi connectivity index (χ2v) is 21.9. The molecule has 0 spiro atoms. The van der Waals surface area contributed by atoms with E-state index in [9.17, 15) is 0 Å². The van der Waals surface area contributed by atoms with Crippen LogP contribution in [0.3, 0.4) is 0 Å². The summed E-state index contributed by atoms with van der Waals surface area (Å²) in [4.78, 5) is 2.55. The van der Waals surface area contributed by atoms with Crippen LogP contribution in [0.25, 0.3) is 55.3 Å². The molecule has 0 amide bonds. The molecule has 304 valence electrons. The van der Waals surface area contributed by atoms with Crippen molar-refractivity contribution in [1.29, 1.82) is 0 Å². The summed E-state index contributed by atoms with van der Waals surface area (Å²) in [6.07, 6.45) is 0. The van der Waals surface area contributed by atoms with E-state index in [2.05, 4.69) is 215 Å². The molecule has 7 aromatic carbocycles. The van der Waals surface area contributed by atoms with E-state index in [1.165, 1.54) is 106 Å². The summed E-state index contributed by atoms with van der Waals surface area (Å²) < 4.78 is 6.92. The van der Waals surface area contributed by atoms with Crippen LogP contribution >= 0.6 is 0 Å². The standard InChI is InChI=1S/C59H57NO/c1-55(2,3)34-28-43-42-32-49-41(33-52(42)61-54(43)50(29-34)56(4,5)6)39-27-25-36(31-48(39)59(49,11)12)60(35-24-26-38-37-18-13-15-20-44(37)58(9,10)47(38)30-35)51-23-17-22-46-53(51)40-19-14-16-21-45(40)57(46,7)8/h13-33H,1-12H3. The van der Waals surface area contributed by atoms with Gasteiger partial charge < -0.3 is 9.32 Å². The summed E-state index contributed by atoms with van der Waals surface area (Å²) in [7, 11) is 0. The Hall–Kier alpha value is -5.86. The van der Waals surface area contributed by atoms with Gasteiger partial charge in [0, 0.05) is 49.5 Å². The molecule has 3 aliphatic rings. The van der Waals surface area contributed by atoms with E-state index in [-0.39, 0.29) is 27.1 Å². The van der Waals surface area contributed by atoms with Gasteiger partial charge in [-0.3, -0.25) is 0 Å². The largest absolute Gasteiger partial charge is 0.456 e. The van der Waals surface area contributed by atoms with Gasteiger partial charge in [-0.1, -0.05) is 162 Å². The van der Waals surface area contributed by atoms with Crippen molar-refractivity contribution in [3.05, 3.63) is 172 Å². The van der Waals surface area contributed by atoms with E-state index in [0.717, 1.165) is 11.2 Å². The number of furan rings is 1. The van der Waals surface area contributed by atoms with Crippen molar-refractivity contribution in [2.45, 2.75) is 110 Å². The minimum absolute atomic E-state index is 0.0154. The highest BCUT2D eigenvalue weighted by molar-refractivity contribution is 6.09. The number of nitrogens with zero attached hydrogens (tertiary/aromatic N) is 1. The molecule has 0 atom stereocenters. The monoisotopic (exact) mass is 795 g/mol. The molecule has 0 bridgehead atoms. The lowest BCUT2D eigenvalue weighted by atomic mass is 9.79. The molecule has 0 unspecified atom stereocenters. The van der Waals surface area contributed by atoms with Crippen molar-refractivity contribution >= 4 is 39.0 Å². The van der Waals surface area contributed by atoms with Crippen LogP contribution in [0.1, 0.15) is 128 Å². The summed E-state index contributed by atoms with van der Waals surface area (Å²) in [5.41, 5.74) is 23.7. The van der Waals surface area contributed by atoms with Gasteiger partial charge in [0.25, 0.3) is 0 Å². The van der Waals surface area contributed by atoms with E-state index in [1.54, 1.807) is 0 Å². The SMILES string of the molecule is CC(C)(C)c1cc(C(C)(C)C)c2oc3cc4c(cc3c2c1)C(C)(C)c1cc(N(c2ccc3c(c2)C(C)(C)c2ccccc2-3)c2cccc3c2-c2ccccc2C3(C)C)ccc1-4. The Balaban J connectivity index is 1.13. The van der Waals surface area contributed by atoms with Crippen LogP contribution < -0.4 is 4.90 Å². The maximum absolute atomic E-state index is 6.92. The number of anilines is 3. The van der Waals surface area contributed by atoms with Crippen LogP contribution in [0.4, 0.5) is 17.1 Å². The van der Waals surface area contributed by atoms with Gasteiger partial charge in [-0.2, -0.15) is 0 Å². The molecule has 8 aromatic rings. The fraction of sp³-hybridized carbons (Fsp3) is 0.288. The molecule has 11 rings (SSSR count). The van der Waals surface area contributed by atoms with Crippen molar-refractivity contribution in [1.82, 2.24) is 0 Å². The van der Waals surface area contributed by atoms with Gasteiger partial charge >= 0.3 is 0 Å². The number of benzene rings is 7. The Kier molecular flexibility index (Phi) is 7.59. The highest BCUT2D eigenvalue weighted by Gasteiger charge is 2.41. The fourth-order valence-corrected chi connectivity index (χ4v) is 11.4. The van der Waals surface area contributed by atoms with Crippen LogP contribution in [-0.2, 0) is 27.1 Å². The number of hydrogen-bond donors (Lipinski definition) is 0. The van der Waals surface area contributed by atoms with Crippen molar-refractivity contribution < 1.29 is 4.42 Å². The summed E-state index contributed by atoms with van der Waals surface area (Å²) in [6.45, 7) is 28.2. The van der Waals surface area contributed by atoms with Gasteiger partial charge in [0.2, 0.25) is 0 Å². The van der Waals surface area contributed by atoms with Crippen LogP contribution in [-0.4, -0.2) is 0 Å². The third-order valence-corrected chi connectivity index (χ3v) is 14.9. The molecule has 1 aromatic heterocycles. The number of hydrogen-bond acceptors (Lipinski definition) is 2. The maximum Gasteiger partial charge on any atom is 0.139 e. The molecule has 2 heteroatoms. The van der Waals surface area contributed by atoms with E-state index >= 15 is 0 Å². The topological polar surface area (TPSA) is 16.4 Å². The summed E-state index contributed by atoms with van der Waals surface area (Å²) in [5, 5.41) is 2.42. The van der Waals surface area contributed by atoms with Crippen molar-refractivity contribution in [2.24, 2.45) is 0 Å². The second-order valence-electron chi connectivity index (χ2n) is 21.9. The Morgan fingerprint density at radius 2 is 0.951 bits per heavy atom. The molecule has 0 fully saturated rings. The second kappa shape index (κ2) is 12.2. The van der Waals surface area contributed by atoms with Gasteiger partial charge in [0.15, 0.2) is 0 Å². The first kappa shape index (κ1) is 38.1. The van der Waals surface area contributed by atoms with Crippen LogP contribution in [0.5, 0.6) is 0 Å². The molecule has 0 aliphatic heterocycles. The fourth-order valence-electron chi connectivity index (χ4n) is 11.4. The predicted molar refractivity (Wildman–Crippen MR) is 258 cm³/mol. The first-order valence-electron chi connectivity index (χ1n) is 22.3. The van der Waals surface area contributed by atoms with E-state index in [4.69, 9.17) is 4.42 Å². The summed E-state index contributed by atoms with van der Waals surface area (Å²) in [6, 6.07) is 48.9. The minimum Gasteiger partial charge on any atom is -0.456 e. The van der Waals surface area contributed by atoms with E-state index < -0.39 is 0 Å². The zero-order chi connectivity index (χ0) is 42.8. The molecule has 2 nitrogen and oxygen atoms in total. The van der Waals surface area contributed by atoms with Crippen molar-refractivity contribution in [2.75, 3.05) is 4.90 Å². The van der Waals surface area contributed by atoms with Crippen LogP contribution in [0.2, 0.25) is 0 Å². The van der Waals surface area contributed by atoms with Crippen molar-refractivity contribution in [3.63, 3.8) is 0 Å². The van der Waals surface area contributed by atoms with E-state index in [1.807, 2.05) is 0 Å². The highest BCUT2D eigenvalue weighted by Crippen LogP contribution is 2.58. The smallest absolute Gasteiger partial charge is 0.139 e. The average molecular weight is 796 g/mol. The van der Waals surface area contributed by atoms with Gasteiger partial charge in [0.05, 0.1) is 5.69 Å². The minimum atomic E-state index is -0.243. The molecular formula is C59H57NO. The predicted octanol–water partition coefficient (Wildman–Crippen LogP) is 16.6. The Labute approximate surface area is 362 Å². The third-order valence-electron chi connectivity index (χ3n) is 14.9. The lowest BCUT2D eigenvalue weighted by Gasteiger charge is -2.31. The number of fused-ring (bicyclic) bond motifs is 12. The highest BCUT2D eigenvalue weighted by atomic mass is 16.3. The van der Waals surface area contributed by atoms with Gasteiger partial charge in [0.1, 0.15) is 11.2 Å². The van der Waals surface area contributed by atoms with Crippen LogP contribution in [0, 0.1) is 0 Å². The lowest BCUT2D eigenvalue weighted by molar-refractivity contribution is 0.559. The molecule has 0 saturated heterocycles. The zero-order valence-electron chi connectivity index (χ0n) is 38.0. The Morgan fingerprint density at radius 3 is 1.59 bits per heavy atom. The molecule has 0 saturated carbocycles. The first-order chi connectivity index (χ1) is 28.8. The summed E-state index contributed by atoms with van der Waals surface area (Å²) in [5.74, 6) is 0. The van der Waals surface area contributed by atoms with Crippen molar-refractivity contribution in [3.8, 4) is 33.4 Å². The molecule has 61 heavy (non-hydrogen) atoms. The lowest BCUT2D eigenvalue weighted by Crippen LogP contribution is -2.19. The quantitative estimate of drug-likeness (QED) is 0.177. The van der Waals surface area contributed by atoms with E-state index in [0.29, 0.717) is 0 Å². The molecule has 0 N–H and O–H groups in total. The molecule has 1 heterocycles. The Morgan fingerprint density at radius 1 is 0.426 bits per heavy atom. The molecule has 0 radical (unpaired) electrons. The van der Waals surface area contributed by atoms with Gasteiger partial charge in [-0.15, -0.1) is 0 Å². The summed E-state index contributed by atoms with van der Waals surface area (Å²) >= 11 is 0. The molecule has 3 aliphatic carbocycles.